The van der Waals surface area contributed by atoms with E-state index >= 15 is 0 Å². The first kappa shape index (κ1) is 18.9. The zero-order valence-corrected chi connectivity index (χ0v) is 14.7. The van der Waals surface area contributed by atoms with Crippen LogP contribution in [0.25, 0.3) is 10.9 Å². The van der Waals surface area contributed by atoms with Gasteiger partial charge in [-0.3, -0.25) is 14.3 Å². The summed E-state index contributed by atoms with van der Waals surface area (Å²) in [7, 11) is 0. The van der Waals surface area contributed by atoms with E-state index in [9.17, 15) is 22.8 Å². The standard InChI is InChI=1S/C18H13ClF3N3O2/c1-2-25-14-8-7-10(19)9-11(14)16(26)15(24-25)17(27)23-13-6-4-3-5-12(13)18(20,21)22/h3-9H,2H2,1H3,(H,23,27). The molecule has 27 heavy (non-hydrogen) atoms. The van der Waals surface area contributed by atoms with Crippen molar-refractivity contribution in [1.29, 1.82) is 0 Å². The highest BCUT2D eigenvalue weighted by molar-refractivity contribution is 6.31. The van der Waals surface area contributed by atoms with E-state index in [0.29, 0.717) is 17.1 Å². The fraction of sp³-hybridized carbons (Fsp3) is 0.167. The van der Waals surface area contributed by atoms with Crippen molar-refractivity contribution in [1.82, 2.24) is 9.78 Å². The van der Waals surface area contributed by atoms with Crippen LogP contribution in [0, 0.1) is 0 Å². The van der Waals surface area contributed by atoms with E-state index in [2.05, 4.69) is 10.4 Å². The summed E-state index contributed by atoms with van der Waals surface area (Å²) >= 11 is 5.92. The highest BCUT2D eigenvalue weighted by Crippen LogP contribution is 2.34. The van der Waals surface area contributed by atoms with Crippen molar-refractivity contribution < 1.29 is 18.0 Å². The molecule has 0 saturated carbocycles. The third-order valence-corrected chi connectivity index (χ3v) is 4.15. The van der Waals surface area contributed by atoms with E-state index < -0.39 is 34.5 Å². The van der Waals surface area contributed by atoms with E-state index in [-0.39, 0.29) is 5.39 Å². The van der Waals surface area contributed by atoms with Gasteiger partial charge in [-0.2, -0.15) is 18.3 Å². The molecular formula is C18H13ClF3N3O2. The zero-order chi connectivity index (χ0) is 19.8. The van der Waals surface area contributed by atoms with Gasteiger partial charge >= 0.3 is 6.18 Å². The van der Waals surface area contributed by atoms with Crippen LogP contribution in [-0.2, 0) is 12.7 Å². The Morgan fingerprint density at radius 2 is 1.93 bits per heavy atom. The van der Waals surface area contributed by atoms with Gasteiger partial charge in [0.25, 0.3) is 5.91 Å². The van der Waals surface area contributed by atoms with Crippen LogP contribution < -0.4 is 10.7 Å². The molecule has 0 aliphatic heterocycles. The number of rotatable bonds is 3. The Balaban J connectivity index is 2.10. The highest BCUT2D eigenvalue weighted by Gasteiger charge is 2.34. The van der Waals surface area contributed by atoms with Crippen molar-refractivity contribution in [3.05, 3.63) is 69.0 Å². The van der Waals surface area contributed by atoms with Gasteiger partial charge in [0.2, 0.25) is 5.43 Å². The molecule has 0 bridgehead atoms. The van der Waals surface area contributed by atoms with Crippen molar-refractivity contribution in [3.8, 4) is 0 Å². The monoisotopic (exact) mass is 395 g/mol. The maximum Gasteiger partial charge on any atom is 0.418 e. The Hall–Kier alpha value is -2.87. The molecule has 0 aliphatic rings. The van der Waals surface area contributed by atoms with Crippen LogP contribution in [0.4, 0.5) is 18.9 Å². The molecule has 0 radical (unpaired) electrons. The van der Waals surface area contributed by atoms with Crippen LogP contribution in [0.15, 0.2) is 47.3 Å². The topological polar surface area (TPSA) is 64.0 Å². The maximum atomic E-state index is 13.1. The lowest BCUT2D eigenvalue weighted by molar-refractivity contribution is -0.136. The van der Waals surface area contributed by atoms with E-state index in [1.165, 1.54) is 22.9 Å². The predicted molar refractivity (Wildman–Crippen MR) is 96.1 cm³/mol. The molecule has 1 N–H and O–H groups in total. The number of fused-ring (bicyclic) bond motifs is 1. The number of aromatic nitrogens is 2. The van der Waals surface area contributed by atoms with Crippen LogP contribution in [0.2, 0.25) is 5.02 Å². The Bertz CT molecular complexity index is 1090. The van der Waals surface area contributed by atoms with E-state index in [4.69, 9.17) is 11.6 Å². The SMILES string of the molecule is CCn1nc(C(=O)Nc2ccccc2C(F)(F)F)c(=O)c2cc(Cl)ccc21. The first-order valence-electron chi connectivity index (χ1n) is 7.90. The molecule has 5 nitrogen and oxygen atoms in total. The fourth-order valence-electron chi connectivity index (χ4n) is 2.67. The summed E-state index contributed by atoms with van der Waals surface area (Å²) in [6.07, 6.45) is -4.65. The summed E-state index contributed by atoms with van der Waals surface area (Å²) < 4.78 is 40.7. The van der Waals surface area contributed by atoms with Gasteiger partial charge in [-0.25, -0.2) is 0 Å². The predicted octanol–water partition coefficient (Wildman–Crippen LogP) is 4.34. The summed E-state index contributed by atoms with van der Waals surface area (Å²) in [6.45, 7) is 2.10. The molecule has 140 valence electrons. The van der Waals surface area contributed by atoms with Gasteiger partial charge in [-0.05, 0) is 37.3 Å². The number of halogens is 4. The summed E-state index contributed by atoms with van der Waals surface area (Å²) in [4.78, 5) is 25.2. The van der Waals surface area contributed by atoms with E-state index in [1.54, 1.807) is 19.1 Å². The lowest BCUT2D eigenvalue weighted by Crippen LogP contribution is -2.27. The molecule has 3 rings (SSSR count). The second-order valence-corrected chi connectivity index (χ2v) is 6.09. The number of nitrogens with one attached hydrogen (secondary N) is 1. The summed E-state index contributed by atoms with van der Waals surface area (Å²) in [6, 6.07) is 9.08. The molecule has 2 aromatic carbocycles. The lowest BCUT2D eigenvalue weighted by atomic mass is 10.1. The van der Waals surface area contributed by atoms with E-state index in [1.807, 2.05) is 0 Å². The Labute approximate surface area is 156 Å². The molecule has 0 saturated heterocycles. The highest BCUT2D eigenvalue weighted by atomic mass is 35.5. The third-order valence-electron chi connectivity index (χ3n) is 3.91. The van der Waals surface area contributed by atoms with Crippen LogP contribution in [0.1, 0.15) is 23.0 Å². The molecule has 0 spiro atoms. The van der Waals surface area contributed by atoms with Crippen molar-refractivity contribution in [2.75, 3.05) is 5.32 Å². The molecule has 9 heteroatoms. The average molecular weight is 396 g/mol. The molecule has 3 aromatic rings. The molecule has 0 unspecified atom stereocenters. The minimum Gasteiger partial charge on any atom is -0.320 e. The van der Waals surface area contributed by atoms with Gasteiger partial charge in [-0.15, -0.1) is 0 Å². The first-order valence-corrected chi connectivity index (χ1v) is 8.28. The number of anilines is 1. The number of hydrogen-bond donors (Lipinski definition) is 1. The fourth-order valence-corrected chi connectivity index (χ4v) is 2.85. The molecule has 0 fully saturated rings. The largest absolute Gasteiger partial charge is 0.418 e. The first-order chi connectivity index (χ1) is 12.7. The quantitative estimate of drug-likeness (QED) is 0.717. The number of amides is 1. The van der Waals surface area contributed by atoms with Gasteiger partial charge < -0.3 is 5.32 Å². The number of benzene rings is 2. The zero-order valence-electron chi connectivity index (χ0n) is 14.0. The number of nitrogens with zero attached hydrogens (tertiary/aromatic N) is 2. The lowest BCUT2D eigenvalue weighted by Gasteiger charge is -2.14. The average Bonchev–Trinajstić information content (AvgIpc) is 2.62. The molecule has 1 aromatic heterocycles. The van der Waals surface area contributed by atoms with Gasteiger partial charge in [-0.1, -0.05) is 23.7 Å². The Kier molecular flexibility index (Phi) is 4.93. The van der Waals surface area contributed by atoms with Crippen molar-refractivity contribution >= 4 is 34.1 Å². The number of para-hydroxylation sites is 1. The van der Waals surface area contributed by atoms with Crippen molar-refractivity contribution in [3.63, 3.8) is 0 Å². The van der Waals surface area contributed by atoms with Gasteiger partial charge in [0, 0.05) is 11.6 Å². The molecule has 1 amide bonds. The summed E-state index contributed by atoms with van der Waals surface area (Å²) in [5, 5.41) is 6.60. The van der Waals surface area contributed by atoms with Crippen LogP contribution in [0.3, 0.4) is 0 Å². The van der Waals surface area contributed by atoms with Crippen LogP contribution in [0.5, 0.6) is 0 Å². The number of hydrogen-bond acceptors (Lipinski definition) is 3. The maximum absolute atomic E-state index is 13.1. The summed E-state index contributed by atoms with van der Waals surface area (Å²) in [5.41, 5.74) is -2.22. The van der Waals surface area contributed by atoms with Gasteiger partial charge in [0.1, 0.15) is 0 Å². The molecule has 1 heterocycles. The molecule has 0 atom stereocenters. The second-order valence-electron chi connectivity index (χ2n) is 5.65. The number of alkyl halides is 3. The summed E-state index contributed by atoms with van der Waals surface area (Å²) in [5.74, 6) is -1.03. The number of aryl methyl sites for hydroxylation is 1. The van der Waals surface area contributed by atoms with Crippen LogP contribution in [-0.4, -0.2) is 15.7 Å². The Morgan fingerprint density at radius 3 is 2.59 bits per heavy atom. The van der Waals surface area contributed by atoms with Crippen LogP contribution >= 0.6 is 11.6 Å². The van der Waals surface area contributed by atoms with Crippen molar-refractivity contribution in [2.24, 2.45) is 0 Å². The normalized spacial score (nSPS) is 11.6. The third kappa shape index (κ3) is 3.66. The smallest absolute Gasteiger partial charge is 0.320 e. The minimum atomic E-state index is -4.65. The number of carbonyl (C=O) groups excluding carboxylic acids is 1. The second kappa shape index (κ2) is 7.03. The van der Waals surface area contributed by atoms with E-state index in [0.717, 1.165) is 12.1 Å². The van der Waals surface area contributed by atoms with Crippen molar-refractivity contribution in [2.45, 2.75) is 19.6 Å². The number of carbonyl (C=O) groups is 1. The molecular weight excluding hydrogens is 383 g/mol. The van der Waals surface area contributed by atoms with Gasteiger partial charge in [0.15, 0.2) is 5.69 Å². The minimum absolute atomic E-state index is 0.161. The van der Waals surface area contributed by atoms with Gasteiger partial charge in [0.05, 0.1) is 22.2 Å². The molecule has 0 aliphatic carbocycles. The Morgan fingerprint density at radius 1 is 1.22 bits per heavy atom.